The van der Waals surface area contributed by atoms with Gasteiger partial charge in [0.25, 0.3) is 0 Å². The first kappa shape index (κ1) is 44.0. The van der Waals surface area contributed by atoms with Crippen molar-refractivity contribution in [1.29, 1.82) is 5.26 Å². The van der Waals surface area contributed by atoms with Crippen LogP contribution in [0.3, 0.4) is 0 Å². The average Bonchev–Trinajstić information content (AvgIpc) is 4.06. The fraction of sp³-hybridized carbons (Fsp3) is 0.852. The molecule has 7 saturated carbocycles. The predicted molar refractivity (Wildman–Crippen MR) is 267 cm³/mol. The quantitative estimate of drug-likeness (QED) is 0.258. The number of nitrogens with zero attached hydrogens (tertiary/aromatic N) is 3. The van der Waals surface area contributed by atoms with Crippen LogP contribution in [0.15, 0.2) is 46.3 Å². The largest absolute Gasteiger partial charge is 0.374 e. The van der Waals surface area contributed by atoms with Crippen LogP contribution >= 0.6 is 0 Å². The lowest BCUT2D eigenvalue weighted by molar-refractivity contribution is 0.00847. The Bertz CT molecular complexity index is 2000. The number of nitriles is 1. The molecule has 0 spiro atoms. The lowest BCUT2D eigenvalue weighted by atomic mass is 9.61. The molecule has 18 unspecified atom stereocenters. The third kappa shape index (κ3) is 7.11. The maximum absolute atomic E-state index is 11.1. The second kappa shape index (κ2) is 17.7. The summed E-state index contributed by atoms with van der Waals surface area (Å²) in [6.07, 6.45) is 48.3. The molecule has 0 aromatic carbocycles. The van der Waals surface area contributed by atoms with E-state index in [2.05, 4.69) is 60.2 Å². The van der Waals surface area contributed by atoms with Crippen molar-refractivity contribution < 1.29 is 4.74 Å². The molecular weight excluding hydrogens is 805 g/mol. The van der Waals surface area contributed by atoms with E-state index in [-0.39, 0.29) is 5.92 Å². The van der Waals surface area contributed by atoms with Gasteiger partial charge in [0.15, 0.2) is 0 Å². The van der Waals surface area contributed by atoms with Gasteiger partial charge in [-0.25, -0.2) is 0 Å². The predicted octanol–water partition coefficient (Wildman–Crippen LogP) is 14.0. The molecule has 360 valence electrons. The van der Waals surface area contributed by atoms with Crippen LogP contribution in [0, 0.1) is 81.8 Å². The molecule has 18 atom stereocenters. The van der Waals surface area contributed by atoms with Gasteiger partial charge < -0.3 is 19.9 Å². The number of hydrogen-bond donors (Lipinski definition) is 1. The van der Waals surface area contributed by atoms with E-state index in [1.165, 1.54) is 173 Å². The molecule has 13 aliphatic rings. The summed E-state index contributed by atoms with van der Waals surface area (Å²) in [6.45, 7) is 8.11. The van der Waals surface area contributed by atoms with Crippen molar-refractivity contribution in [2.45, 2.75) is 255 Å². The van der Waals surface area contributed by atoms with Crippen molar-refractivity contribution in [2.24, 2.45) is 70.5 Å². The Morgan fingerprint density at radius 2 is 1.52 bits per heavy atom. The zero-order chi connectivity index (χ0) is 44.3. The first-order valence-electron chi connectivity index (χ1n) is 29.6. The molecule has 0 aromatic rings. The molecule has 1 N–H and O–H groups in total. The highest BCUT2D eigenvalue weighted by Gasteiger charge is 2.61. The van der Waals surface area contributed by atoms with E-state index in [1.54, 1.807) is 17.0 Å². The third-order valence-electron chi connectivity index (χ3n) is 23.3. The van der Waals surface area contributed by atoms with Gasteiger partial charge in [-0.2, -0.15) is 5.26 Å². The fourth-order valence-corrected chi connectivity index (χ4v) is 20.9. The van der Waals surface area contributed by atoms with Crippen LogP contribution in [0.1, 0.15) is 207 Å². The molecule has 13 rings (SSSR count). The summed E-state index contributed by atoms with van der Waals surface area (Å²) in [5.74, 6) is 7.98. The van der Waals surface area contributed by atoms with Crippen molar-refractivity contribution >= 4 is 0 Å². The molecular formula is C61H90N4O. The zero-order valence-corrected chi connectivity index (χ0v) is 42.0. The van der Waals surface area contributed by atoms with Crippen LogP contribution < -0.4 is 5.32 Å². The van der Waals surface area contributed by atoms with E-state index in [9.17, 15) is 5.26 Å². The maximum atomic E-state index is 11.1. The van der Waals surface area contributed by atoms with Gasteiger partial charge >= 0.3 is 0 Å². The monoisotopic (exact) mass is 895 g/mol. The Morgan fingerprint density at radius 3 is 2.39 bits per heavy atom. The number of allylic oxidation sites excluding steroid dienone is 3. The van der Waals surface area contributed by atoms with E-state index < -0.39 is 0 Å². The Labute approximate surface area is 401 Å². The highest BCUT2D eigenvalue weighted by atomic mass is 16.5. The van der Waals surface area contributed by atoms with Gasteiger partial charge in [-0.3, -0.25) is 0 Å². The summed E-state index contributed by atoms with van der Waals surface area (Å²) in [6, 6.07) is 6.26. The molecule has 5 heteroatoms. The summed E-state index contributed by atoms with van der Waals surface area (Å²) < 4.78 is 7.14. The minimum Gasteiger partial charge on any atom is -0.374 e. The normalized spacial score (nSPS) is 46.6. The van der Waals surface area contributed by atoms with Crippen LogP contribution in [0.2, 0.25) is 0 Å². The zero-order valence-electron chi connectivity index (χ0n) is 42.0. The second-order valence-electron chi connectivity index (χ2n) is 26.5. The third-order valence-corrected chi connectivity index (χ3v) is 23.3. The van der Waals surface area contributed by atoms with Gasteiger partial charge in [0.1, 0.15) is 0 Å². The van der Waals surface area contributed by atoms with Gasteiger partial charge in [-0.15, -0.1) is 0 Å². The topological polar surface area (TPSA) is 51.5 Å². The number of nitrogens with one attached hydrogen (secondary N) is 1. The highest BCUT2D eigenvalue weighted by molar-refractivity contribution is 5.41. The van der Waals surface area contributed by atoms with E-state index >= 15 is 0 Å². The lowest BCUT2D eigenvalue weighted by Crippen LogP contribution is -2.56. The summed E-state index contributed by atoms with van der Waals surface area (Å²) in [5.41, 5.74) is 9.31. The van der Waals surface area contributed by atoms with Crippen molar-refractivity contribution in [3.8, 4) is 6.07 Å². The summed E-state index contributed by atoms with van der Waals surface area (Å²) in [5, 5.41) is 15.7. The van der Waals surface area contributed by atoms with Crippen molar-refractivity contribution in [1.82, 2.24) is 15.1 Å². The molecule has 0 radical (unpaired) electrons. The number of hydrogen-bond acceptors (Lipinski definition) is 5. The van der Waals surface area contributed by atoms with Crippen molar-refractivity contribution in [2.75, 3.05) is 0 Å². The maximum Gasteiger partial charge on any atom is 0.0677 e. The molecule has 0 amide bonds. The van der Waals surface area contributed by atoms with E-state index in [1.807, 2.05) is 11.1 Å². The van der Waals surface area contributed by atoms with Gasteiger partial charge in [0.05, 0.1) is 30.2 Å². The summed E-state index contributed by atoms with van der Waals surface area (Å²) in [4.78, 5) is 6.13. The molecule has 3 aliphatic heterocycles. The van der Waals surface area contributed by atoms with Crippen LogP contribution in [-0.2, 0) is 4.74 Å². The second-order valence-corrected chi connectivity index (χ2v) is 26.5. The Balaban J connectivity index is 0.864. The van der Waals surface area contributed by atoms with E-state index in [4.69, 9.17) is 4.74 Å². The first-order chi connectivity index (χ1) is 32.4. The van der Waals surface area contributed by atoms with Gasteiger partial charge in [0.2, 0.25) is 0 Å². The number of ether oxygens (including phenoxy) is 1. The minimum absolute atomic E-state index is 0.113. The van der Waals surface area contributed by atoms with Crippen molar-refractivity contribution in [3.63, 3.8) is 0 Å². The van der Waals surface area contributed by atoms with Crippen LogP contribution in [0.5, 0.6) is 0 Å². The van der Waals surface area contributed by atoms with Gasteiger partial charge in [0, 0.05) is 59.4 Å². The smallest absolute Gasteiger partial charge is 0.0677 e. The van der Waals surface area contributed by atoms with Crippen LogP contribution in [0.4, 0.5) is 0 Å². The van der Waals surface area contributed by atoms with E-state index in [0.717, 1.165) is 54.3 Å². The number of fused-ring (bicyclic) bond motifs is 11. The minimum atomic E-state index is 0.113. The SMILES string of the molecule is CC1CC(C#N)C(N2C3=C(CCC=C3)C3CCCCC32)CC1N1C2=C(C3CCC(CC(NC4CCCCC4)C4CCCC5C6CCCCC6C(C)(C)C45)=CC31)C1C(CC2)OC2CCCCC21. The van der Waals surface area contributed by atoms with E-state index in [0.29, 0.717) is 71.6 Å². The highest BCUT2D eigenvalue weighted by Crippen LogP contribution is 2.66. The Morgan fingerprint density at radius 1 is 0.727 bits per heavy atom. The molecule has 8 fully saturated rings. The summed E-state index contributed by atoms with van der Waals surface area (Å²) in [7, 11) is 0. The van der Waals surface area contributed by atoms with Crippen molar-refractivity contribution in [3.05, 3.63) is 46.3 Å². The standard InChI is InChI=1S/C61H90N4O/c1-37-32-39(36-62)54(64-50-25-12-8-19-42(50)43-20-9-13-26-51(43)64)35-53(37)65-52-30-31-57-59(47-21-10-14-27-56(47)66-57)58(52)46-29-28-38(34-55(46)65)33-49(63-40-16-5-4-6-17-40)45-23-15-22-44-41-18-7-11-24-48(41)61(2,3)60(44)45/h12,25,34,37,39-41,43-49,51,53-57,59-60,63H,4-11,13-24,26-33,35H2,1-3H3. The average molecular weight is 895 g/mol. The van der Waals surface area contributed by atoms with Crippen LogP contribution in [-0.4, -0.2) is 58.3 Å². The lowest BCUT2D eigenvalue weighted by Gasteiger charge is -2.51. The fourth-order valence-electron chi connectivity index (χ4n) is 20.9. The van der Waals surface area contributed by atoms with Gasteiger partial charge in [-0.05, 0) is 186 Å². The molecule has 3 heterocycles. The molecule has 5 nitrogen and oxygen atoms in total. The molecule has 10 aliphatic carbocycles. The molecule has 0 bridgehead atoms. The molecule has 1 saturated heterocycles. The molecule has 0 aromatic heterocycles. The number of rotatable bonds is 7. The molecule has 66 heavy (non-hydrogen) atoms. The first-order valence-corrected chi connectivity index (χ1v) is 29.6. The Hall–Kier alpha value is -2.03. The summed E-state index contributed by atoms with van der Waals surface area (Å²) >= 11 is 0. The van der Waals surface area contributed by atoms with Crippen LogP contribution in [0.25, 0.3) is 0 Å². The van der Waals surface area contributed by atoms with Gasteiger partial charge in [-0.1, -0.05) is 103 Å². The Kier molecular flexibility index (Phi) is 11.8.